The van der Waals surface area contributed by atoms with Gasteiger partial charge in [0.2, 0.25) is 11.8 Å². The predicted octanol–water partition coefficient (Wildman–Crippen LogP) is 2.17. The summed E-state index contributed by atoms with van der Waals surface area (Å²) in [6, 6.07) is 0. The molecule has 1 fully saturated rings. The number of carbonyl (C=O) groups excluding carboxylic acids is 2. The molecule has 23 heavy (non-hydrogen) atoms. The Morgan fingerprint density at radius 1 is 1.13 bits per heavy atom. The van der Waals surface area contributed by atoms with Crippen LogP contribution in [0.3, 0.4) is 0 Å². The summed E-state index contributed by atoms with van der Waals surface area (Å²) in [6.45, 7) is 7.29. The number of amides is 2. The highest BCUT2D eigenvalue weighted by atomic mass is 16.4. The van der Waals surface area contributed by atoms with Gasteiger partial charge in [-0.05, 0) is 51.9 Å². The van der Waals surface area contributed by atoms with E-state index in [1.54, 1.807) is 4.90 Å². The fourth-order valence-electron chi connectivity index (χ4n) is 3.11. The first-order valence-electron chi connectivity index (χ1n) is 8.66. The molecular formula is C17H30N2O4. The fraction of sp³-hybridized carbons (Fsp3) is 0.824. The molecule has 1 aliphatic rings. The lowest BCUT2D eigenvalue weighted by Crippen LogP contribution is -2.56. The third kappa shape index (κ3) is 5.52. The van der Waals surface area contributed by atoms with Gasteiger partial charge in [0.25, 0.3) is 0 Å². The SMILES string of the molecule is CCN(CC)C(=O)CCCC(=O)NC1(C(=O)O)CCC(C)CC1. The van der Waals surface area contributed by atoms with E-state index in [1.807, 2.05) is 13.8 Å². The van der Waals surface area contributed by atoms with Crippen molar-refractivity contribution < 1.29 is 19.5 Å². The van der Waals surface area contributed by atoms with Crippen molar-refractivity contribution in [3.63, 3.8) is 0 Å². The number of carboxylic acid groups (broad SMARTS) is 1. The average Bonchev–Trinajstić information content (AvgIpc) is 2.50. The van der Waals surface area contributed by atoms with Crippen molar-refractivity contribution in [1.82, 2.24) is 10.2 Å². The Hall–Kier alpha value is -1.59. The smallest absolute Gasteiger partial charge is 0.329 e. The number of carboxylic acids is 1. The van der Waals surface area contributed by atoms with Crippen LogP contribution in [0.5, 0.6) is 0 Å². The minimum atomic E-state index is -1.12. The first-order valence-corrected chi connectivity index (χ1v) is 8.66. The Labute approximate surface area is 138 Å². The Kier molecular flexibility index (Phi) is 7.52. The van der Waals surface area contributed by atoms with Crippen molar-refractivity contribution in [2.24, 2.45) is 5.92 Å². The largest absolute Gasteiger partial charge is 0.480 e. The summed E-state index contributed by atoms with van der Waals surface area (Å²) >= 11 is 0. The predicted molar refractivity (Wildman–Crippen MR) is 87.9 cm³/mol. The summed E-state index contributed by atoms with van der Waals surface area (Å²) < 4.78 is 0. The minimum Gasteiger partial charge on any atom is -0.480 e. The fourth-order valence-corrected chi connectivity index (χ4v) is 3.11. The van der Waals surface area contributed by atoms with Crippen LogP contribution in [0.1, 0.15) is 65.7 Å². The monoisotopic (exact) mass is 326 g/mol. The molecule has 0 spiro atoms. The standard InChI is InChI=1S/C17H30N2O4/c1-4-19(5-2)15(21)8-6-7-14(20)18-17(16(22)23)11-9-13(3)10-12-17/h13H,4-12H2,1-3H3,(H,18,20)(H,22,23). The molecule has 0 saturated heterocycles. The Morgan fingerprint density at radius 2 is 1.70 bits per heavy atom. The van der Waals surface area contributed by atoms with E-state index in [9.17, 15) is 19.5 Å². The van der Waals surface area contributed by atoms with Crippen LogP contribution in [0.4, 0.5) is 0 Å². The van der Waals surface area contributed by atoms with Crippen LogP contribution in [-0.2, 0) is 14.4 Å². The topological polar surface area (TPSA) is 86.7 Å². The zero-order valence-electron chi connectivity index (χ0n) is 14.6. The quantitative estimate of drug-likeness (QED) is 0.716. The Morgan fingerprint density at radius 3 is 2.17 bits per heavy atom. The van der Waals surface area contributed by atoms with E-state index in [-0.39, 0.29) is 18.2 Å². The van der Waals surface area contributed by atoms with E-state index < -0.39 is 11.5 Å². The normalized spacial score (nSPS) is 24.0. The number of aliphatic carboxylic acids is 1. The molecule has 6 heteroatoms. The third-order valence-corrected chi connectivity index (χ3v) is 4.83. The second kappa shape index (κ2) is 8.89. The van der Waals surface area contributed by atoms with Gasteiger partial charge in [0.05, 0.1) is 0 Å². The molecule has 1 aliphatic carbocycles. The van der Waals surface area contributed by atoms with Crippen LogP contribution in [0.2, 0.25) is 0 Å². The molecule has 1 saturated carbocycles. The lowest BCUT2D eigenvalue weighted by molar-refractivity contribution is -0.149. The van der Waals surface area contributed by atoms with Crippen molar-refractivity contribution in [2.45, 2.75) is 71.3 Å². The molecule has 0 unspecified atom stereocenters. The van der Waals surface area contributed by atoms with Crippen molar-refractivity contribution in [3.8, 4) is 0 Å². The molecule has 1 rings (SSSR count). The third-order valence-electron chi connectivity index (χ3n) is 4.83. The highest BCUT2D eigenvalue weighted by molar-refractivity contribution is 5.87. The van der Waals surface area contributed by atoms with Gasteiger partial charge in [-0.1, -0.05) is 6.92 Å². The van der Waals surface area contributed by atoms with Gasteiger partial charge in [0.15, 0.2) is 0 Å². The zero-order valence-corrected chi connectivity index (χ0v) is 14.6. The summed E-state index contributed by atoms with van der Waals surface area (Å²) in [5, 5.41) is 12.2. The van der Waals surface area contributed by atoms with E-state index in [2.05, 4.69) is 12.2 Å². The molecule has 0 aliphatic heterocycles. The number of nitrogens with zero attached hydrogens (tertiary/aromatic N) is 1. The lowest BCUT2D eigenvalue weighted by atomic mass is 9.77. The van der Waals surface area contributed by atoms with Gasteiger partial charge >= 0.3 is 5.97 Å². The number of nitrogens with one attached hydrogen (secondary N) is 1. The molecule has 0 aromatic carbocycles. The lowest BCUT2D eigenvalue weighted by Gasteiger charge is -2.36. The Balaban J connectivity index is 2.45. The minimum absolute atomic E-state index is 0.0437. The summed E-state index contributed by atoms with van der Waals surface area (Å²) in [6.07, 6.45) is 3.55. The molecule has 2 N–H and O–H groups in total. The van der Waals surface area contributed by atoms with Gasteiger partial charge in [0, 0.05) is 25.9 Å². The second-order valence-corrected chi connectivity index (χ2v) is 6.54. The van der Waals surface area contributed by atoms with E-state index in [4.69, 9.17) is 0 Å². The first kappa shape index (κ1) is 19.5. The van der Waals surface area contributed by atoms with E-state index in [0.717, 1.165) is 12.8 Å². The van der Waals surface area contributed by atoms with Gasteiger partial charge < -0.3 is 15.3 Å². The van der Waals surface area contributed by atoms with Crippen molar-refractivity contribution in [3.05, 3.63) is 0 Å². The molecule has 132 valence electrons. The maximum absolute atomic E-state index is 12.1. The van der Waals surface area contributed by atoms with Crippen LogP contribution >= 0.6 is 0 Å². The number of carbonyl (C=O) groups is 3. The molecular weight excluding hydrogens is 296 g/mol. The average molecular weight is 326 g/mol. The van der Waals surface area contributed by atoms with E-state index >= 15 is 0 Å². The molecule has 0 bridgehead atoms. The number of hydrogen-bond acceptors (Lipinski definition) is 3. The van der Waals surface area contributed by atoms with Gasteiger partial charge in [-0.3, -0.25) is 9.59 Å². The Bertz CT molecular complexity index is 424. The van der Waals surface area contributed by atoms with Crippen molar-refractivity contribution in [1.29, 1.82) is 0 Å². The van der Waals surface area contributed by atoms with E-state index in [0.29, 0.717) is 44.7 Å². The molecule has 0 radical (unpaired) electrons. The van der Waals surface area contributed by atoms with Gasteiger partial charge in [-0.15, -0.1) is 0 Å². The second-order valence-electron chi connectivity index (χ2n) is 6.54. The van der Waals surface area contributed by atoms with Crippen LogP contribution in [0.15, 0.2) is 0 Å². The molecule has 6 nitrogen and oxygen atoms in total. The number of hydrogen-bond donors (Lipinski definition) is 2. The zero-order chi connectivity index (χ0) is 17.5. The summed E-state index contributed by atoms with van der Waals surface area (Å²) in [5.41, 5.74) is -1.12. The molecule has 0 atom stereocenters. The molecule has 2 amide bonds. The maximum atomic E-state index is 12.1. The summed E-state index contributed by atoms with van der Waals surface area (Å²) in [5.74, 6) is -0.667. The molecule has 0 heterocycles. The molecule has 0 aromatic heterocycles. The first-order chi connectivity index (χ1) is 10.8. The highest BCUT2D eigenvalue weighted by Gasteiger charge is 2.42. The van der Waals surface area contributed by atoms with Gasteiger partial charge in [-0.2, -0.15) is 0 Å². The maximum Gasteiger partial charge on any atom is 0.329 e. The van der Waals surface area contributed by atoms with Crippen molar-refractivity contribution in [2.75, 3.05) is 13.1 Å². The summed E-state index contributed by atoms with van der Waals surface area (Å²) in [4.78, 5) is 37.3. The van der Waals surface area contributed by atoms with Crippen LogP contribution in [0, 0.1) is 5.92 Å². The number of rotatable bonds is 8. The van der Waals surface area contributed by atoms with E-state index in [1.165, 1.54) is 0 Å². The van der Waals surface area contributed by atoms with Crippen molar-refractivity contribution >= 4 is 17.8 Å². The van der Waals surface area contributed by atoms with Crippen LogP contribution in [-0.4, -0.2) is 46.4 Å². The van der Waals surface area contributed by atoms with Gasteiger partial charge in [-0.25, -0.2) is 4.79 Å². The molecule has 0 aromatic rings. The van der Waals surface area contributed by atoms with Gasteiger partial charge in [0.1, 0.15) is 5.54 Å². The van der Waals surface area contributed by atoms with Crippen LogP contribution in [0.25, 0.3) is 0 Å². The van der Waals surface area contributed by atoms with Crippen LogP contribution < -0.4 is 5.32 Å². The highest BCUT2D eigenvalue weighted by Crippen LogP contribution is 2.32. The summed E-state index contributed by atoms with van der Waals surface area (Å²) in [7, 11) is 0.